The molecule has 1 aliphatic rings. The van der Waals surface area contributed by atoms with Crippen molar-refractivity contribution in [2.45, 2.75) is 31.7 Å². The Morgan fingerprint density at radius 2 is 1.91 bits per heavy atom. The number of benzene rings is 2. The maximum Gasteiger partial charge on any atom is 0.193 e. The van der Waals surface area contributed by atoms with Crippen molar-refractivity contribution in [3.8, 4) is 0 Å². The van der Waals surface area contributed by atoms with E-state index in [0.29, 0.717) is 5.96 Å². The third kappa shape index (κ3) is 4.43. The summed E-state index contributed by atoms with van der Waals surface area (Å²) in [6, 6.07) is 15.1. The number of nitrogens with zero attached hydrogens (tertiary/aromatic N) is 1. The SMILES string of the molecule is Cc1cccc(NC(N)=NC2CC(c3ccccc3F)C2)c1.I. The van der Waals surface area contributed by atoms with E-state index in [1.807, 2.05) is 43.3 Å². The van der Waals surface area contributed by atoms with Gasteiger partial charge in [-0.2, -0.15) is 0 Å². The minimum atomic E-state index is -0.124. The van der Waals surface area contributed by atoms with E-state index in [0.717, 1.165) is 24.1 Å². The highest BCUT2D eigenvalue weighted by Crippen LogP contribution is 2.39. The fourth-order valence-corrected chi connectivity index (χ4v) is 2.85. The molecule has 1 fully saturated rings. The van der Waals surface area contributed by atoms with E-state index in [1.165, 1.54) is 11.6 Å². The second-order valence-corrected chi connectivity index (χ2v) is 5.85. The summed E-state index contributed by atoms with van der Waals surface area (Å²) in [4.78, 5) is 4.47. The number of aliphatic imine (C=N–C) groups is 1. The quantitative estimate of drug-likeness (QED) is 0.435. The number of guanidine groups is 1. The highest BCUT2D eigenvalue weighted by atomic mass is 127. The molecule has 5 heteroatoms. The average molecular weight is 425 g/mol. The van der Waals surface area contributed by atoms with E-state index in [-0.39, 0.29) is 41.8 Å². The largest absolute Gasteiger partial charge is 0.370 e. The van der Waals surface area contributed by atoms with E-state index < -0.39 is 0 Å². The van der Waals surface area contributed by atoms with Gasteiger partial charge in [0.1, 0.15) is 5.82 Å². The molecule has 2 aromatic carbocycles. The van der Waals surface area contributed by atoms with Crippen LogP contribution < -0.4 is 11.1 Å². The Hall–Kier alpha value is -1.63. The van der Waals surface area contributed by atoms with Crippen LogP contribution in [0.4, 0.5) is 10.1 Å². The Kier molecular flexibility index (Phi) is 5.98. The molecule has 3 rings (SSSR count). The lowest BCUT2D eigenvalue weighted by Crippen LogP contribution is -2.31. The maximum atomic E-state index is 13.7. The minimum absolute atomic E-state index is 0. The normalized spacial score (nSPS) is 20.3. The van der Waals surface area contributed by atoms with Gasteiger partial charge in [0.25, 0.3) is 0 Å². The average Bonchev–Trinajstić information content (AvgIpc) is 2.43. The van der Waals surface area contributed by atoms with Crippen LogP contribution in [0.1, 0.15) is 29.9 Å². The Labute approximate surface area is 153 Å². The van der Waals surface area contributed by atoms with Crippen LogP contribution in [0.5, 0.6) is 0 Å². The fourth-order valence-electron chi connectivity index (χ4n) is 2.85. The van der Waals surface area contributed by atoms with Gasteiger partial charge >= 0.3 is 0 Å². The predicted octanol–water partition coefficient (Wildman–Crippen LogP) is 4.42. The number of halogens is 2. The third-order valence-corrected chi connectivity index (χ3v) is 4.07. The van der Waals surface area contributed by atoms with Crippen molar-refractivity contribution in [2.75, 3.05) is 5.32 Å². The summed E-state index contributed by atoms with van der Waals surface area (Å²) in [7, 11) is 0. The van der Waals surface area contributed by atoms with Crippen LogP contribution in [0.3, 0.4) is 0 Å². The number of aryl methyl sites for hydroxylation is 1. The first-order valence-corrected chi connectivity index (χ1v) is 7.53. The summed E-state index contributed by atoms with van der Waals surface area (Å²) in [5, 5.41) is 3.10. The van der Waals surface area contributed by atoms with Crippen LogP contribution in [0.2, 0.25) is 0 Å². The zero-order valence-electron chi connectivity index (χ0n) is 13.0. The molecule has 0 aromatic heterocycles. The Morgan fingerprint density at radius 1 is 1.17 bits per heavy atom. The molecule has 0 atom stereocenters. The molecular formula is C18H21FIN3. The Morgan fingerprint density at radius 3 is 2.61 bits per heavy atom. The highest BCUT2D eigenvalue weighted by Gasteiger charge is 2.31. The van der Waals surface area contributed by atoms with Gasteiger partial charge in [-0.25, -0.2) is 9.38 Å². The molecule has 3 N–H and O–H groups in total. The number of nitrogens with two attached hydrogens (primary N) is 1. The summed E-state index contributed by atoms with van der Waals surface area (Å²) in [6.07, 6.45) is 1.69. The fraction of sp³-hybridized carbons (Fsp3) is 0.278. The van der Waals surface area contributed by atoms with Crippen molar-refractivity contribution in [1.82, 2.24) is 0 Å². The molecule has 23 heavy (non-hydrogen) atoms. The molecule has 0 unspecified atom stereocenters. The van der Waals surface area contributed by atoms with Gasteiger partial charge < -0.3 is 11.1 Å². The molecule has 1 saturated carbocycles. The second-order valence-electron chi connectivity index (χ2n) is 5.85. The summed E-state index contributed by atoms with van der Waals surface area (Å²) in [5.41, 5.74) is 8.84. The van der Waals surface area contributed by atoms with E-state index in [1.54, 1.807) is 6.07 Å². The molecule has 0 bridgehead atoms. The van der Waals surface area contributed by atoms with Crippen molar-refractivity contribution in [3.63, 3.8) is 0 Å². The molecule has 0 spiro atoms. The van der Waals surface area contributed by atoms with Gasteiger partial charge in [0.2, 0.25) is 0 Å². The van der Waals surface area contributed by atoms with Gasteiger partial charge in [0.05, 0.1) is 6.04 Å². The standard InChI is InChI=1S/C18H20FN3.HI/c1-12-5-4-6-14(9-12)21-18(20)22-15-10-13(11-15)16-7-2-3-8-17(16)19;/h2-9,13,15H,10-11H2,1H3,(H3,20,21,22);1H. The first-order valence-electron chi connectivity index (χ1n) is 7.53. The van der Waals surface area contributed by atoms with E-state index in [2.05, 4.69) is 10.3 Å². The van der Waals surface area contributed by atoms with E-state index >= 15 is 0 Å². The predicted molar refractivity (Wildman–Crippen MR) is 104 cm³/mol. The first kappa shape index (κ1) is 17.7. The van der Waals surface area contributed by atoms with Gasteiger partial charge in [0, 0.05) is 5.69 Å². The molecule has 2 aromatic rings. The molecule has 0 radical (unpaired) electrons. The minimum Gasteiger partial charge on any atom is -0.370 e. The number of hydrogen-bond donors (Lipinski definition) is 2. The molecule has 0 saturated heterocycles. The van der Waals surface area contributed by atoms with E-state index in [9.17, 15) is 4.39 Å². The van der Waals surface area contributed by atoms with Crippen LogP contribution in [0, 0.1) is 12.7 Å². The molecular weight excluding hydrogens is 404 g/mol. The molecule has 122 valence electrons. The topological polar surface area (TPSA) is 50.4 Å². The van der Waals surface area contributed by atoms with Crippen LogP contribution >= 0.6 is 24.0 Å². The lowest BCUT2D eigenvalue weighted by atomic mass is 9.76. The Bertz CT molecular complexity index is 696. The van der Waals surface area contributed by atoms with Crippen LogP contribution in [-0.4, -0.2) is 12.0 Å². The van der Waals surface area contributed by atoms with Crippen molar-refractivity contribution < 1.29 is 4.39 Å². The molecule has 1 aliphatic carbocycles. The zero-order valence-corrected chi connectivity index (χ0v) is 15.3. The smallest absolute Gasteiger partial charge is 0.193 e. The highest BCUT2D eigenvalue weighted by molar-refractivity contribution is 14.0. The summed E-state index contributed by atoms with van der Waals surface area (Å²) >= 11 is 0. The van der Waals surface area contributed by atoms with Crippen LogP contribution in [0.25, 0.3) is 0 Å². The third-order valence-electron chi connectivity index (χ3n) is 4.07. The van der Waals surface area contributed by atoms with Gasteiger partial charge in [-0.05, 0) is 55.0 Å². The number of anilines is 1. The van der Waals surface area contributed by atoms with Crippen molar-refractivity contribution in [3.05, 3.63) is 65.5 Å². The number of nitrogens with one attached hydrogen (secondary N) is 1. The second kappa shape index (κ2) is 7.77. The lowest BCUT2D eigenvalue weighted by molar-refractivity contribution is 0.344. The van der Waals surface area contributed by atoms with Crippen molar-refractivity contribution in [2.24, 2.45) is 10.7 Å². The number of hydrogen-bond acceptors (Lipinski definition) is 1. The maximum absolute atomic E-state index is 13.7. The van der Waals surface area contributed by atoms with Crippen LogP contribution in [-0.2, 0) is 0 Å². The molecule has 0 heterocycles. The Balaban J connectivity index is 0.00000192. The molecule has 0 aliphatic heterocycles. The first-order chi connectivity index (χ1) is 10.6. The van der Waals surface area contributed by atoms with Gasteiger partial charge in [-0.15, -0.1) is 24.0 Å². The summed E-state index contributed by atoms with van der Waals surface area (Å²) < 4.78 is 13.7. The summed E-state index contributed by atoms with van der Waals surface area (Å²) in [6.45, 7) is 2.03. The van der Waals surface area contributed by atoms with Crippen LogP contribution in [0.15, 0.2) is 53.5 Å². The molecule has 3 nitrogen and oxygen atoms in total. The zero-order chi connectivity index (χ0) is 15.5. The molecule has 0 amide bonds. The van der Waals surface area contributed by atoms with E-state index in [4.69, 9.17) is 5.73 Å². The van der Waals surface area contributed by atoms with Gasteiger partial charge in [-0.3, -0.25) is 0 Å². The lowest BCUT2D eigenvalue weighted by Gasteiger charge is -2.33. The monoisotopic (exact) mass is 425 g/mol. The van der Waals surface area contributed by atoms with Gasteiger partial charge in [-0.1, -0.05) is 30.3 Å². The van der Waals surface area contributed by atoms with Gasteiger partial charge in [0.15, 0.2) is 5.96 Å². The van der Waals surface area contributed by atoms with Crippen molar-refractivity contribution in [1.29, 1.82) is 0 Å². The number of rotatable bonds is 3. The van der Waals surface area contributed by atoms with Crippen molar-refractivity contribution >= 4 is 35.6 Å². The summed E-state index contributed by atoms with van der Waals surface area (Å²) in [5.74, 6) is 0.546.